The number of halogens is 1. The first kappa shape index (κ1) is 25.1. The third kappa shape index (κ3) is 5.71. The Morgan fingerprint density at radius 2 is 2.06 bits per heavy atom. The van der Waals surface area contributed by atoms with E-state index in [0.29, 0.717) is 48.5 Å². The van der Waals surface area contributed by atoms with Gasteiger partial charge < -0.3 is 24.7 Å². The molecule has 0 bridgehead atoms. The number of hydrogen-bond acceptors (Lipinski definition) is 9. The van der Waals surface area contributed by atoms with Gasteiger partial charge in [-0.25, -0.2) is 14.8 Å². The molecule has 2 N–H and O–H groups in total. The number of Topliss-reactive ketones (excluding diaryl/α,β-unsaturated/α-hetero) is 1. The number of carbonyl (C=O) groups excluding carboxylic acids is 3. The third-order valence-corrected chi connectivity index (χ3v) is 6.71. The second-order valence-electron chi connectivity index (χ2n) is 7.65. The average molecular weight is 498 g/mol. The zero-order chi connectivity index (χ0) is 24.1. The van der Waals surface area contributed by atoms with Gasteiger partial charge in [-0.3, -0.25) is 9.59 Å². The number of piperidine rings is 1. The Kier molecular flexibility index (Phi) is 8.44. The summed E-state index contributed by atoms with van der Waals surface area (Å²) < 4.78 is 10.8. The number of esters is 1. The zero-order valence-corrected chi connectivity index (χ0v) is 20.6. The molecule has 33 heavy (non-hydrogen) atoms. The van der Waals surface area contributed by atoms with E-state index >= 15 is 0 Å². The van der Waals surface area contributed by atoms with Crippen molar-refractivity contribution in [2.45, 2.75) is 52.2 Å². The Labute approximate surface area is 201 Å². The van der Waals surface area contributed by atoms with Gasteiger partial charge in [0.05, 0.1) is 24.9 Å². The van der Waals surface area contributed by atoms with Gasteiger partial charge in [0.2, 0.25) is 0 Å². The van der Waals surface area contributed by atoms with Crippen molar-refractivity contribution in [1.29, 1.82) is 0 Å². The van der Waals surface area contributed by atoms with Crippen LogP contribution in [-0.4, -0.2) is 71.6 Å². The van der Waals surface area contributed by atoms with Crippen LogP contribution >= 0.6 is 22.9 Å². The standard InChI is InChI=1S/C21H28ClN5O5S/c1-5-9-32-14-10-27(21-25-15(11(3)28)16(33-21)20(30)31-4)8-7-13(14)24-19(29)18-23-12(6-2)17(22)26-18/h13-14H,5-10H2,1-4H3,(H,23,26)(H,24,29)/t13-,14+/m1/s1. The number of thiazole rings is 1. The first-order chi connectivity index (χ1) is 15.8. The number of ketones is 1. The van der Waals surface area contributed by atoms with E-state index in [-0.39, 0.29) is 40.2 Å². The molecule has 10 nitrogen and oxygen atoms in total. The smallest absolute Gasteiger partial charge is 0.350 e. The highest BCUT2D eigenvalue weighted by molar-refractivity contribution is 7.17. The van der Waals surface area contributed by atoms with Crippen LogP contribution < -0.4 is 10.2 Å². The maximum absolute atomic E-state index is 12.8. The van der Waals surface area contributed by atoms with Gasteiger partial charge in [-0.1, -0.05) is 36.8 Å². The van der Waals surface area contributed by atoms with E-state index in [2.05, 4.69) is 20.3 Å². The Morgan fingerprint density at radius 1 is 1.30 bits per heavy atom. The van der Waals surface area contributed by atoms with E-state index < -0.39 is 5.97 Å². The minimum absolute atomic E-state index is 0.102. The molecule has 0 unspecified atom stereocenters. The number of carbonyl (C=O) groups is 3. The Bertz CT molecular complexity index is 1020. The molecule has 0 spiro atoms. The van der Waals surface area contributed by atoms with E-state index in [1.165, 1.54) is 14.0 Å². The lowest BCUT2D eigenvalue weighted by Gasteiger charge is -2.38. The molecule has 1 aliphatic heterocycles. The molecule has 12 heteroatoms. The second kappa shape index (κ2) is 11.1. The number of aromatic nitrogens is 3. The Hall–Kier alpha value is -2.50. The number of methoxy groups -OCH3 is 1. The number of aryl methyl sites for hydroxylation is 1. The summed E-state index contributed by atoms with van der Waals surface area (Å²) in [5.41, 5.74) is 0.812. The number of nitrogens with one attached hydrogen (secondary N) is 2. The van der Waals surface area contributed by atoms with E-state index in [0.717, 1.165) is 17.8 Å². The normalized spacial score (nSPS) is 18.3. The molecule has 3 rings (SSSR count). The lowest BCUT2D eigenvalue weighted by molar-refractivity contribution is 0.0204. The minimum Gasteiger partial charge on any atom is -0.465 e. The van der Waals surface area contributed by atoms with Crippen LogP contribution in [0.5, 0.6) is 0 Å². The number of rotatable bonds is 9. The van der Waals surface area contributed by atoms with Crippen LogP contribution in [0.1, 0.15) is 70.1 Å². The summed E-state index contributed by atoms with van der Waals surface area (Å²) in [6.45, 7) is 6.82. The van der Waals surface area contributed by atoms with Crippen molar-refractivity contribution < 1.29 is 23.9 Å². The summed E-state index contributed by atoms with van der Waals surface area (Å²) >= 11 is 7.19. The van der Waals surface area contributed by atoms with Crippen molar-refractivity contribution in [2.24, 2.45) is 0 Å². The molecular weight excluding hydrogens is 470 g/mol. The molecule has 180 valence electrons. The van der Waals surface area contributed by atoms with Crippen LogP contribution in [0.15, 0.2) is 0 Å². The van der Waals surface area contributed by atoms with E-state index in [1.54, 1.807) is 0 Å². The highest BCUT2D eigenvalue weighted by Crippen LogP contribution is 2.30. The lowest BCUT2D eigenvalue weighted by Crippen LogP contribution is -2.55. The molecule has 2 aromatic rings. The van der Waals surface area contributed by atoms with Gasteiger partial charge in [-0.15, -0.1) is 0 Å². The number of ether oxygens (including phenoxy) is 2. The molecule has 1 aliphatic rings. The van der Waals surface area contributed by atoms with E-state index in [4.69, 9.17) is 21.1 Å². The number of imidazole rings is 1. The van der Waals surface area contributed by atoms with Crippen LogP contribution in [0.25, 0.3) is 0 Å². The first-order valence-corrected chi connectivity index (χ1v) is 12.0. The number of nitrogens with zero attached hydrogens (tertiary/aromatic N) is 3. The number of aromatic amines is 1. The van der Waals surface area contributed by atoms with Crippen LogP contribution in [0.4, 0.5) is 5.13 Å². The molecule has 1 saturated heterocycles. The molecule has 0 aliphatic carbocycles. The predicted molar refractivity (Wildman–Crippen MR) is 125 cm³/mol. The molecular formula is C21H28ClN5O5S. The summed E-state index contributed by atoms with van der Waals surface area (Å²) in [6, 6.07) is -0.249. The van der Waals surface area contributed by atoms with Crippen molar-refractivity contribution in [3.05, 3.63) is 27.2 Å². The molecule has 1 fully saturated rings. The van der Waals surface area contributed by atoms with Crippen molar-refractivity contribution in [3.8, 4) is 0 Å². The Balaban J connectivity index is 1.77. The van der Waals surface area contributed by atoms with Crippen molar-refractivity contribution >= 4 is 45.7 Å². The van der Waals surface area contributed by atoms with Gasteiger partial charge in [-0.05, 0) is 19.3 Å². The van der Waals surface area contributed by atoms with Crippen molar-refractivity contribution in [1.82, 2.24) is 20.3 Å². The molecule has 0 radical (unpaired) electrons. The van der Waals surface area contributed by atoms with E-state index in [9.17, 15) is 14.4 Å². The highest BCUT2D eigenvalue weighted by atomic mass is 35.5. The lowest BCUT2D eigenvalue weighted by atomic mass is 10.0. The minimum atomic E-state index is -0.589. The van der Waals surface area contributed by atoms with Gasteiger partial charge in [0.1, 0.15) is 10.6 Å². The summed E-state index contributed by atoms with van der Waals surface area (Å²) in [5.74, 6) is -1.07. The highest BCUT2D eigenvalue weighted by Gasteiger charge is 2.34. The summed E-state index contributed by atoms with van der Waals surface area (Å²) in [5, 5.41) is 3.84. The number of amides is 1. The molecule has 2 aromatic heterocycles. The van der Waals surface area contributed by atoms with Crippen LogP contribution in [0.2, 0.25) is 5.15 Å². The molecule has 2 atom stereocenters. The second-order valence-corrected chi connectivity index (χ2v) is 8.99. The summed E-state index contributed by atoms with van der Waals surface area (Å²) in [4.78, 5) is 50.4. The maximum Gasteiger partial charge on any atom is 0.350 e. The van der Waals surface area contributed by atoms with Gasteiger partial charge >= 0.3 is 5.97 Å². The van der Waals surface area contributed by atoms with Crippen molar-refractivity contribution in [3.63, 3.8) is 0 Å². The number of hydrogen-bond donors (Lipinski definition) is 2. The van der Waals surface area contributed by atoms with Gasteiger partial charge in [-0.2, -0.15) is 0 Å². The van der Waals surface area contributed by atoms with Gasteiger partial charge in [0.15, 0.2) is 21.9 Å². The fourth-order valence-electron chi connectivity index (χ4n) is 3.57. The topological polar surface area (TPSA) is 127 Å². The van der Waals surface area contributed by atoms with Crippen molar-refractivity contribution in [2.75, 3.05) is 31.7 Å². The monoisotopic (exact) mass is 497 g/mol. The number of anilines is 1. The van der Waals surface area contributed by atoms with Crippen LogP contribution in [-0.2, 0) is 15.9 Å². The van der Waals surface area contributed by atoms with Crippen LogP contribution in [0.3, 0.4) is 0 Å². The first-order valence-electron chi connectivity index (χ1n) is 10.8. The zero-order valence-electron chi connectivity index (χ0n) is 19.1. The summed E-state index contributed by atoms with van der Waals surface area (Å²) in [6.07, 6.45) is 1.73. The fourth-order valence-corrected chi connectivity index (χ4v) is 4.91. The fraction of sp³-hybridized carbons (Fsp3) is 0.571. The average Bonchev–Trinajstić information content (AvgIpc) is 3.42. The molecule has 0 aromatic carbocycles. The quantitative estimate of drug-likeness (QED) is 0.400. The van der Waals surface area contributed by atoms with Gasteiger partial charge in [0.25, 0.3) is 5.91 Å². The maximum atomic E-state index is 12.8. The van der Waals surface area contributed by atoms with E-state index in [1.807, 2.05) is 18.7 Å². The molecule has 0 saturated carbocycles. The summed E-state index contributed by atoms with van der Waals surface area (Å²) in [7, 11) is 1.27. The molecule has 1 amide bonds. The molecule has 3 heterocycles. The van der Waals surface area contributed by atoms with Gasteiger partial charge in [0, 0.05) is 26.6 Å². The Morgan fingerprint density at radius 3 is 2.67 bits per heavy atom. The SMILES string of the molecule is CCCO[C@H]1CN(c2nc(C(C)=O)c(C(=O)OC)s2)CC[C@H]1NC(=O)c1nc(Cl)c(CC)[nH]1. The third-order valence-electron chi connectivity index (χ3n) is 5.30. The van der Waals surface area contributed by atoms with Crippen LogP contribution in [0, 0.1) is 0 Å². The largest absolute Gasteiger partial charge is 0.465 e. The predicted octanol–water partition coefficient (Wildman–Crippen LogP) is 2.88. The number of H-pyrrole nitrogens is 1.